The Bertz CT molecular complexity index is 791. The Morgan fingerprint density at radius 1 is 1.41 bits per heavy atom. The number of aromatic hydroxyl groups is 1. The van der Waals surface area contributed by atoms with Crippen LogP contribution in [-0.2, 0) is 6.61 Å². The molecule has 6 N–H and O–H groups in total. The highest BCUT2D eigenvalue weighted by molar-refractivity contribution is 6.12. The Balaban J connectivity index is 2.33. The van der Waals surface area contributed by atoms with Crippen molar-refractivity contribution in [3.63, 3.8) is 0 Å². The molecule has 0 spiro atoms. The van der Waals surface area contributed by atoms with Gasteiger partial charge in [-0.3, -0.25) is 10.4 Å². The largest absolute Gasteiger partial charge is 0.506 e. The van der Waals surface area contributed by atoms with Crippen LogP contribution in [0.25, 0.3) is 6.08 Å². The minimum Gasteiger partial charge on any atom is -0.506 e. The molecule has 1 aromatic carbocycles. The summed E-state index contributed by atoms with van der Waals surface area (Å²) in [4.78, 5) is 3.99. The fraction of sp³-hybridized carbons (Fsp3) is 0.0625. The standard InChI is InChI=1S/C16H14N4O2/c17-6-12-2-4-14(19)15(16(12)22)13(18)3-1-10-5-11(9-21)8-20-7-10/h1-5,7-8,18,21-22H,9,19H2/p+1/b3-1+,18-13?. The Kier molecular flexibility index (Phi) is 4.51. The van der Waals surface area contributed by atoms with Crippen LogP contribution in [0.4, 0.5) is 5.69 Å². The van der Waals surface area contributed by atoms with E-state index in [1.807, 2.05) is 6.07 Å². The monoisotopic (exact) mass is 295 g/mol. The van der Waals surface area contributed by atoms with Gasteiger partial charge in [0.1, 0.15) is 17.4 Å². The second-order valence-corrected chi connectivity index (χ2v) is 4.61. The zero-order chi connectivity index (χ0) is 16.1. The minimum atomic E-state index is -0.244. The molecule has 0 saturated heterocycles. The third kappa shape index (κ3) is 3.11. The zero-order valence-corrected chi connectivity index (χ0v) is 11.7. The molecule has 1 aromatic heterocycles. The number of aliphatic hydroxyl groups excluding tert-OH is 1. The summed E-state index contributed by atoms with van der Waals surface area (Å²) in [6, 6.07) is 6.57. The van der Waals surface area contributed by atoms with E-state index >= 15 is 0 Å². The van der Waals surface area contributed by atoms with Crippen LogP contribution in [-0.4, -0.2) is 20.9 Å². The summed E-state index contributed by atoms with van der Waals surface area (Å²) in [6.07, 6.45) is 6.41. The van der Waals surface area contributed by atoms with Gasteiger partial charge in [-0.2, -0.15) is 5.26 Å². The van der Waals surface area contributed by atoms with Gasteiger partial charge in [-0.1, -0.05) is 0 Å². The van der Waals surface area contributed by atoms with Crippen molar-refractivity contribution in [1.82, 2.24) is 4.98 Å². The van der Waals surface area contributed by atoms with E-state index in [-0.39, 0.29) is 34.9 Å². The molecule has 1 heterocycles. The summed E-state index contributed by atoms with van der Waals surface area (Å²) in [5.41, 5.74) is 8.05. The molecule has 6 nitrogen and oxygen atoms in total. The molecule has 0 aliphatic rings. The molecule has 0 aliphatic carbocycles. The Hall–Kier alpha value is -3.17. The van der Waals surface area contributed by atoms with Gasteiger partial charge < -0.3 is 15.9 Å². The Labute approximate surface area is 127 Å². The van der Waals surface area contributed by atoms with Crippen LogP contribution in [0.1, 0.15) is 22.3 Å². The van der Waals surface area contributed by atoms with E-state index in [9.17, 15) is 5.11 Å². The van der Waals surface area contributed by atoms with Crippen LogP contribution in [0.15, 0.2) is 36.7 Å². The lowest BCUT2D eigenvalue weighted by Gasteiger charge is -2.05. The van der Waals surface area contributed by atoms with Crippen molar-refractivity contribution in [2.45, 2.75) is 6.61 Å². The summed E-state index contributed by atoms with van der Waals surface area (Å²) in [6.45, 7) is -0.105. The van der Waals surface area contributed by atoms with E-state index < -0.39 is 0 Å². The van der Waals surface area contributed by atoms with Crippen molar-refractivity contribution in [1.29, 1.82) is 5.26 Å². The second kappa shape index (κ2) is 6.52. The Morgan fingerprint density at radius 3 is 2.86 bits per heavy atom. The van der Waals surface area contributed by atoms with E-state index in [0.717, 1.165) is 5.56 Å². The number of phenols is 1. The molecule has 6 heteroatoms. The molecule has 0 atom stereocenters. The summed E-state index contributed by atoms with van der Waals surface area (Å²) in [5.74, 6) is -0.244. The smallest absolute Gasteiger partial charge is 0.209 e. The lowest BCUT2D eigenvalue weighted by Crippen LogP contribution is -2.39. The number of nitriles is 1. The molecular formula is C16H15N4O2+. The average Bonchev–Trinajstić information content (AvgIpc) is 2.53. The zero-order valence-electron chi connectivity index (χ0n) is 11.7. The minimum absolute atomic E-state index is 0.101. The molecule has 0 amide bonds. The Morgan fingerprint density at radius 2 is 2.18 bits per heavy atom. The van der Waals surface area contributed by atoms with Crippen LogP contribution in [0.5, 0.6) is 5.75 Å². The van der Waals surface area contributed by atoms with Gasteiger partial charge in [0, 0.05) is 24.2 Å². The van der Waals surface area contributed by atoms with Gasteiger partial charge in [0.15, 0.2) is 0 Å². The topological polar surface area (TPSA) is 129 Å². The number of aliphatic hydroxyl groups is 1. The average molecular weight is 295 g/mol. The van der Waals surface area contributed by atoms with Gasteiger partial charge in [0.05, 0.1) is 12.2 Å². The number of benzene rings is 1. The maximum absolute atomic E-state index is 10.0. The number of anilines is 1. The summed E-state index contributed by atoms with van der Waals surface area (Å²) in [5, 5.41) is 34.0. The van der Waals surface area contributed by atoms with Gasteiger partial charge in [0.2, 0.25) is 5.71 Å². The third-order valence-electron chi connectivity index (χ3n) is 3.07. The molecule has 0 radical (unpaired) electrons. The quantitative estimate of drug-likeness (QED) is 0.466. The molecule has 0 unspecified atom stereocenters. The lowest BCUT2D eigenvalue weighted by atomic mass is 10.0. The molecule has 22 heavy (non-hydrogen) atoms. The van der Waals surface area contributed by atoms with E-state index in [4.69, 9.17) is 21.5 Å². The van der Waals surface area contributed by atoms with E-state index in [0.29, 0.717) is 5.56 Å². The molecular weight excluding hydrogens is 280 g/mol. The number of hydrogen-bond donors (Lipinski definition) is 4. The number of nitrogen functional groups attached to an aromatic ring is 1. The number of aromatic nitrogens is 1. The SMILES string of the molecule is N#Cc1ccc(N)c(C(=[NH2+])/C=C/c2cncc(CO)c2)c1O. The predicted molar refractivity (Wildman–Crippen MR) is 82.5 cm³/mol. The first-order chi connectivity index (χ1) is 10.6. The van der Waals surface area contributed by atoms with Gasteiger partial charge in [-0.15, -0.1) is 0 Å². The summed E-state index contributed by atoms with van der Waals surface area (Å²) in [7, 11) is 0. The number of allylic oxidation sites excluding steroid dienone is 1. The van der Waals surface area contributed by atoms with E-state index in [2.05, 4.69) is 4.98 Å². The molecule has 0 aliphatic heterocycles. The van der Waals surface area contributed by atoms with Crippen molar-refractivity contribution >= 4 is 17.5 Å². The van der Waals surface area contributed by atoms with Crippen LogP contribution < -0.4 is 11.1 Å². The molecule has 2 rings (SSSR count). The van der Waals surface area contributed by atoms with Gasteiger partial charge in [0.25, 0.3) is 0 Å². The van der Waals surface area contributed by atoms with E-state index in [1.54, 1.807) is 30.6 Å². The lowest BCUT2D eigenvalue weighted by molar-refractivity contribution is -0.110. The number of pyridine rings is 1. The number of nitrogens with two attached hydrogens (primary N) is 2. The van der Waals surface area contributed by atoms with Gasteiger partial charge >= 0.3 is 0 Å². The van der Waals surface area contributed by atoms with Crippen LogP contribution in [0.2, 0.25) is 0 Å². The molecule has 0 bridgehead atoms. The van der Waals surface area contributed by atoms with Crippen molar-refractivity contribution in [3.8, 4) is 11.8 Å². The summed E-state index contributed by atoms with van der Waals surface area (Å²) < 4.78 is 0. The first-order valence-electron chi connectivity index (χ1n) is 6.44. The highest BCUT2D eigenvalue weighted by atomic mass is 16.3. The number of hydrogen-bond acceptors (Lipinski definition) is 5. The van der Waals surface area contributed by atoms with E-state index in [1.165, 1.54) is 12.1 Å². The predicted octanol–water partition coefficient (Wildman–Crippen LogP) is -0.00502. The van der Waals surface area contributed by atoms with Crippen molar-refractivity contribution in [3.05, 3.63) is 58.9 Å². The van der Waals surface area contributed by atoms with Crippen molar-refractivity contribution in [2.75, 3.05) is 5.73 Å². The van der Waals surface area contributed by atoms with Crippen LogP contribution in [0.3, 0.4) is 0 Å². The highest BCUT2D eigenvalue weighted by Crippen LogP contribution is 2.27. The van der Waals surface area contributed by atoms with Crippen LogP contribution >= 0.6 is 0 Å². The number of nitrogens with zero attached hydrogens (tertiary/aromatic N) is 2. The van der Waals surface area contributed by atoms with Crippen LogP contribution in [0, 0.1) is 11.3 Å². The van der Waals surface area contributed by atoms with Crippen molar-refractivity contribution in [2.24, 2.45) is 0 Å². The normalized spacial score (nSPS) is 10.5. The second-order valence-electron chi connectivity index (χ2n) is 4.61. The molecule has 0 fully saturated rings. The maximum Gasteiger partial charge on any atom is 0.209 e. The van der Waals surface area contributed by atoms with Gasteiger partial charge in [-0.05, 0) is 35.4 Å². The first kappa shape index (κ1) is 15.2. The number of rotatable bonds is 4. The summed E-state index contributed by atoms with van der Waals surface area (Å²) >= 11 is 0. The van der Waals surface area contributed by atoms with Crippen molar-refractivity contribution < 1.29 is 15.6 Å². The fourth-order valence-corrected chi connectivity index (χ4v) is 1.96. The molecule has 0 saturated carbocycles. The third-order valence-corrected chi connectivity index (χ3v) is 3.07. The molecule has 2 aromatic rings. The maximum atomic E-state index is 10.0. The molecule has 110 valence electrons. The number of phenolic OH excluding ortho intramolecular Hbond substituents is 1. The first-order valence-corrected chi connectivity index (χ1v) is 6.44. The fourth-order valence-electron chi connectivity index (χ4n) is 1.96. The highest BCUT2D eigenvalue weighted by Gasteiger charge is 2.17. The van der Waals surface area contributed by atoms with Gasteiger partial charge in [-0.25, -0.2) is 0 Å².